The molecule has 2 heterocycles. The fraction of sp³-hybridized carbons (Fsp3) is 0.286. The molecule has 3 rings (SSSR count). The number of halogens is 1. The number of fused-ring (bicyclic) bond motifs is 1. The second-order valence-corrected chi connectivity index (χ2v) is 5.50. The summed E-state index contributed by atoms with van der Waals surface area (Å²) in [6, 6.07) is 7.51. The molecule has 2 aromatic rings. The molecule has 0 aliphatic carbocycles. The molecule has 1 aliphatic heterocycles. The van der Waals surface area contributed by atoms with Gasteiger partial charge in [-0.1, -0.05) is 11.6 Å². The Balaban J connectivity index is 1.95. The zero-order chi connectivity index (χ0) is 14.3. The van der Waals surface area contributed by atoms with Crippen LogP contribution in [0.15, 0.2) is 33.9 Å². The van der Waals surface area contributed by atoms with Crippen LogP contribution in [0.25, 0.3) is 0 Å². The molecule has 0 spiro atoms. The standard InChI is InChI=1S/C14H14ClN3O2/c1-8-4-9-5-10(15)2-3-12(9)18(8)7-11-6-13(19)17-14(20)16-11/h2-3,5-6,8H,4,7H2,1H3,(H2,16,17,19,20). The van der Waals surface area contributed by atoms with Gasteiger partial charge in [0.05, 0.1) is 6.54 Å². The molecule has 0 amide bonds. The van der Waals surface area contributed by atoms with Crippen LogP contribution >= 0.6 is 11.6 Å². The zero-order valence-electron chi connectivity index (χ0n) is 10.9. The van der Waals surface area contributed by atoms with Crippen molar-refractivity contribution in [3.8, 4) is 0 Å². The van der Waals surface area contributed by atoms with Gasteiger partial charge in [0.2, 0.25) is 0 Å². The summed E-state index contributed by atoms with van der Waals surface area (Å²) in [4.78, 5) is 29.6. The second kappa shape index (κ2) is 4.83. The van der Waals surface area contributed by atoms with Gasteiger partial charge in [-0.15, -0.1) is 0 Å². The number of aromatic amines is 2. The highest BCUT2D eigenvalue weighted by Crippen LogP contribution is 2.34. The lowest BCUT2D eigenvalue weighted by molar-refractivity contribution is 0.661. The topological polar surface area (TPSA) is 69.0 Å². The van der Waals surface area contributed by atoms with E-state index in [9.17, 15) is 9.59 Å². The molecule has 0 saturated heterocycles. The first-order valence-corrected chi connectivity index (χ1v) is 6.78. The zero-order valence-corrected chi connectivity index (χ0v) is 11.7. The first-order valence-electron chi connectivity index (χ1n) is 6.40. The maximum Gasteiger partial charge on any atom is 0.325 e. The third kappa shape index (κ3) is 2.36. The molecule has 0 radical (unpaired) electrons. The number of hydrogen-bond acceptors (Lipinski definition) is 3. The van der Waals surface area contributed by atoms with Crippen LogP contribution in [0.3, 0.4) is 0 Å². The van der Waals surface area contributed by atoms with Gasteiger partial charge in [0.25, 0.3) is 5.56 Å². The van der Waals surface area contributed by atoms with Gasteiger partial charge in [-0.3, -0.25) is 9.78 Å². The predicted octanol–water partition coefficient (Wildman–Crippen LogP) is 1.67. The third-order valence-electron chi connectivity index (χ3n) is 3.56. The molecule has 5 nitrogen and oxygen atoms in total. The predicted molar refractivity (Wildman–Crippen MR) is 78.5 cm³/mol. The number of nitrogens with one attached hydrogen (secondary N) is 2. The molecule has 1 aromatic carbocycles. The van der Waals surface area contributed by atoms with Crippen LogP contribution in [0.1, 0.15) is 18.2 Å². The van der Waals surface area contributed by atoms with E-state index in [-0.39, 0.29) is 5.56 Å². The smallest absolute Gasteiger partial charge is 0.325 e. The average molecular weight is 292 g/mol. The van der Waals surface area contributed by atoms with E-state index >= 15 is 0 Å². The van der Waals surface area contributed by atoms with Crippen molar-refractivity contribution < 1.29 is 0 Å². The van der Waals surface area contributed by atoms with E-state index in [0.29, 0.717) is 18.3 Å². The summed E-state index contributed by atoms with van der Waals surface area (Å²) in [6.07, 6.45) is 0.906. The summed E-state index contributed by atoms with van der Waals surface area (Å²) in [5.74, 6) is 0. The number of aromatic nitrogens is 2. The van der Waals surface area contributed by atoms with Crippen LogP contribution in [-0.2, 0) is 13.0 Å². The molecule has 0 saturated carbocycles. The van der Waals surface area contributed by atoms with Crippen molar-refractivity contribution in [3.05, 3.63) is 61.4 Å². The largest absolute Gasteiger partial charge is 0.362 e. The number of nitrogens with zero attached hydrogens (tertiary/aromatic N) is 1. The van der Waals surface area contributed by atoms with E-state index in [1.807, 2.05) is 18.2 Å². The summed E-state index contributed by atoms with van der Waals surface area (Å²) < 4.78 is 0. The third-order valence-corrected chi connectivity index (χ3v) is 3.79. The molecule has 104 valence electrons. The number of rotatable bonds is 2. The summed E-state index contributed by atoms with van der Waals surface area (Å²) in [5.41, 5.74) is 2.04. The Morgan fingerprint density at radius 2 is 2.10 bits per heavy atom. The van der Waals surface area contributed by atoms with Gasteiger partial charge in [-0.2, -0.15) is 0 Å². The summed E-state index contributed by atoms with van der Waals surface area (Å²) in [7, 11) is 0. The van der Waals surface area contributed by atoms with E-state index < -0.39 is 5.69 Å². The van der Waals surface area contributed by atoms with E-state index in [1.54, 1.807) is 0 Å². The molecule has 20 heavy (non-hydrogen) atoms. The van der Waals surface area contributed by atoms with E-state index in [4.69, 9.17) is 11.6 Å². The molecule has 1 atom stereocenters. The molecule has 1 aromatic heterocycles. The first kappa shape index (κ1) is 13.0. The molecule has 6 heteroatoms. The van der Waals surface area contributed by atoms with Crippen molar-refractivity contribution in [1.82, 2.24) is 9.97 Å². The molecule has 0 fully saturated rings. The number of anilines is 1. The van der Waals surface area contributed by atoms with Crippen LogP contribution in [0, 0.1) is 0 Å². The fourth-order valence-corrected chi connectivity index (χ4v) is 2.89. The Kier molecular flexibility index (Phi) is 3.14. The van der Waals surface area contributed by atoms with Gasteiger partial charge < -0.3 is 9.88 Å². The number of H-pyrrole nitrogens is 2. The summed E-state index contributed by atoms with van der Waals surface area (Å²) >= 11 is 6.01. The molecule has 1 unspecified atom stereocenters. The minimum atomic E-state index is -0.476. The molecular weight excluding hydrogens is 278 g/mol. The minimum Gasteiger partial charge on any atom is -0.362 e. The van der Waals surface area contributed by atoms with E-state index in [0.717, 1.165) is 17.1 Å². The van der Waals surface area contributed by atoms with Crippen molar-refractivity contribution in [2.75, 3.05) is 4.90 Å². The van der Waals surface area contributed by atoms with Crippen LogP contribution < -0.4 is 16.1 Å². The lowest BCUT2D eigenvalue weighted by atomic mass is 10.1. The highest BCUT2D eigenvalue weighted by atomic mass is 35.5. The lowest BCUT2D eigenvalue weighted by Crippen LogP contribution is -2.32. The maximum atomic E-state index is 11.3. The number of hydrogen-bond donors (Lipinski definition) is 2. The van der Waals surface area contributed by atoms with Crippen molar-refractivity contribution in [2.45, 2.75) is 25.9 Å². The van der Waals surface area contributed by atoms with Gasteiger partial charge in [-0.05, 0) is 37.1 Å². The maximum absolute atomic E-state index is 11.3. The van der Waals surface area contributed by atoms with Crippen molar-refractivity contribution in [1.29, 1.82) is 0 Å². The normalized spacial score (nSPS) is 17.3. The van der Waals surface area contributed by atoms with Crippen LogP contribution in [0.4, 0.5) is 5.69 Å². The van der Waals surface area contributed by atoms with Crippen molar-refractivity contribution in [2.24, 2.45) is 0 Å². The van der Waals surface area contributed by atoms with Gasteiger partial charge in [0.15, 0.2) is 0 Å². The van der Waals surface area contributed by atoms with Gasteiger partial charge >= 0.3 is 5.69 Å². The summed E-state index contributed by atoms with van der Waals surface area (Å²) in [6.45, 7) is 2.61. The summed E-state index contributed by atoms with van der Waals surface area (Å²) in [5, 5.41) is 0.724. The van der Waals surface area contributed by atoms with Crippen LogP contribution in [0.2, 0.25) is 5.02 Å². The highest BCUT2D eigenvalue weighted by Gasteiger charge is 2.26. The lowest BCUT2D eigenvalue weighted by Gasteiger charge is -2.24. The van der Waals surface area contributed by atoms with E-state index in [1.165, 1.54) is 11.6 Å². The quantitative estimate of drug-likeness (QED) is 0.884. The fourth-order valence-electron chi connectivity index (χ4n) is 2.69. The van der Waals surface area contributed by atoms with E-state index in [2.05, 4.69) is 21.8 Å². The Hall–Kier alpha value is -2.01. The number of benzene rings is 1. The highest BCUT2D eigenvalue weighted by molar-refractivity contribution is 6.30. The van der Waals surface area contributed by atoms with Crippen molar-refractivity contribution >= 4 is 17.3 Å². The molecule has 2 N–H and O–H groups in total. The van der Waals surface area contributed by atoms with Crippen molar-refractivity contribution in [3.63, 3.8) is 0 Å². The van der Waals surface area contributed by atoms with Gasteiger partial charge in [0, 0.05) is 28.5 Å². The van der Waals surface area contributed by atoms with Crippen LogP contribution in [-0.4, -0.2) is 16.0 Å². The monoisotopic (exact) mass is 291 g/mol. The van der Waals surface area contributed by atoms with Gasteiger partial charge in [0.1, 0.15) is 0 Å². The second-order valence-electron chi connectivity index (χ2n) is 5.07. The van der Waals surface area contributed by atoms with Gasteiger partial charge in [-0.25, -0.2) is 4.79 Å². The Morgan fingerprint density at radius 1 is 1.30 bits per heavy atom. The molecular formula is C14H14ClN3O2. The molecule has 0 bridgehead atoms. The SMILES string of the molecule is CC1Cc2cc(Cl)ccc2N1Cc1cc(=O)[nH]c(=O)[nH]1. The Morgan fingerprint density at radius 3 is 2.85 bits per heavy atom. The Labute approximate surface area is 120 Å². The minimum absolute atomic E-state index is 0.297. The average Bonchev–Trinajstić information content (AvgIpc) is 2.64. The Bertz CT molecular complexity index is 737. The first-order chi connectivity index (χ1) is 9.52. The molecule has 1 aliphatic rings. The van der Waals surface area contributed by atoms with Crippen LogP contribution in [0.5, 0.6) is 0 Å².